The minimum atomic E-state index is -3.35. The number of sulfonamides is 1. The van der Waals surface area contributed by atoms with Gasteiger partial charge in [0, 0.05) is 29.8 Å². The lowest BCUT2D eigenvalue weighted by atomic mass is 10.1. The molecule has 0 aliphatic carbocycles. The molecule has 0 bridgehead atoms. The molecule has 0 radical (unpaired) electrons. The number of benzene rings is 2. The summed E-state index contributed by atoms with van der Waals surface area (Å²) in [6, 6.07) is 15.5. The van der Waals surface area contributed by atoms with E-state index >= 15 is 0 Å². The molecule has 3 rings (SSSR count). The number of piperidine rings is 1. The minimum Gasteiger partial charge on any atom is -0.372 e. The average molecular weight is 423 g/mol. The predicted molar refractivity (Wildman–Crippen MR) is 106 cm³/mol. The summed E-state index contributed by atoms with van der Waals surface area (Å²) in [5.41, 5.74) is 2.97. The molecular formula is C19H23BrN2O2S. The number of hydrogen-bond acceptors (Lipinski definition) is 3. The molecule has 2 aromatic carbocycles. The Kier molecular flexibility index (Phi) is 6.15. The van der Waals surface area contributed by atoms with Crippen molar-refractivity contribution in [2.45, 2.75) is 31.6 Å². The van der Waals surface area contributed by atoms with Crippen LogP contribution < -0.4 is 9.62 Å². The lowest BCUT2D eigenvalue weighted by Crippen LogP contribution is -2.29. The largest absolute Gasteiger partial charge is 0.372 e. The lowest BCUT2D eigenvalue weighted by Gasteiger charge is -2.28. The van der Waals surface area contributed by atoms with E-state index < -0.39 is 10.0 Å². The Hall–Kier alpha value is -1.37. The highest BCUT2D eigenvalue weighted by molar-refractivity contribution is 9.10. The van der Waals surface area contributed by atoms with Gasteiger partial charge in [0.25, 0.3) is 0 Å². The highest BCUT2D eigenvalue weighted by Gasteiger charge is 2.13. The van der Waals surface area contributed by atoms with Crippen LogP contribution in [0.4, 0.5) is 5.69 Å². The van der Waals surface area contributed by atoms with E-state index in [-0.39, 0.29) is 5.75 Å². The first kappa shape index (κ1) is 18.4. The van der Waals surface area contributed by atoms with Gasteiger partial charge in [0.05, 0.1) is 5.75 Å². The van der Waals surface area contributed by atoms with Crippen molar-refractivity contribution in [1.29, 1.82) is 0 Å². The van der Waals surface area contributed by atoms with Gasteiger partial charge in [-0.3, -0.25) is 0 Å². The molecule has 0 saturated carbocycles. The van der Waals surface area contributed by atoms with E-state index in [1.54, 1.807) is 0 Å². The minimum absolute atomic E-state index is 0.00780. The van der Waals surface area contributed by atoms with E-state index in [4.69, 9.17) is 0 Å². The van der Waals surface area contributed by atoms with Gasteiger partial charge in [-0.25, -0.2) is 13.1 Å². The summed E-state index contributed by atoms with van der Waals surface area (Å²) < 4.78 is 28.1. The first-order chi connectivity index (χ1) is 12.0. The summed E-state index contributed by atoms with van der Waals surface area (Å²) in [5.74, 6) is -0.00780. The quantitative estimate of drug-likeness (QED) is 0.763. The van der Waals surface area contributed by atoms with Crippen LogP contribution in [-0.4, -0.2) is 21.5 Å². The molecule has 25 heavy (non-hydrogen) atoms. The van der Waals surface area contributed by atoms with E-state index in [9.17, 15) is 8.42 Å². The third kappa shape index (κ3) is 5.56. The molecule has 2 aromatic rings. The van der Waals surface area contributed by atoms with Crippen LogP contribution in [-0.2, 0) is 22.3 Å². The fraction of sp³-hybridized carbons (Fsp3) is 0.368. The van der Waals surface area contributed by atoms with Gasteiger partial charge in [-0.15, -0.1) is 0 Å². The SMILES string of the molecule is O=S(=O)(Cc1ccc(Br)cc1)NCc1ccc(N2CCCCC2)cc1. The van der Waals surface area contributed by atoms with Gasteiger partial charge in [-0.2, -0.15) is 0 Å². The van der Waals surface area contributed by atoms with Gasteiger partial charge < -0.3 is 4.90 Å². The van der Waals surface area contributed by atoms with Crippen molar-refractivity contribution in [2.24, 2.45) is 0 Å². The standard InChI is InChI=1S/C19H23BrN2O2S/c20-18-8-4-17(5-9-18)15-25(23,24)21-14-16-6-10-19(11-7-16)22-12-2-1-3-13-22/h4-11,21H,1-3,12-15H2. The molecule has 1 saturated heterocycles. The summed E-state index contributed by atoms with van der Waals surface area (Å²) in [5, 5.41) is 0. The van der Waals surface area contributed by atoms with Crippen LogP contribution >= 0.6 is 15.9 Å². The number of rotatable bonds is 6. The molecule has 1 heterocycles. The molecule has 0 amide bonds. The van der Waals surface area contributed by atoms with Crippen LogP contribution in [0.3, 0.4) is 0 Å². The van der Waals surface area contributed by atoms with Gasteiger partial charge in [0.15, 0.2) is 0 Å². The van der Waals surface area contributed by atoms with Gasteiger partial charge in [0.1, 0.15) is 0 Å². The second kappa shape index (κ2) is 8.34. The molecule has 1 N–H and O–H groups in total. The van der Waals surface area contributed by atoms with Crippen molar-refractivity contribution in [3.63, 3.8) is 0 Å². The fourth-order valence-electron chi connectivity index (χ4n) is 3.02. The fourth-order valence-corrected chi connectivity index (χ4v) is 4.41. The van der Waals surface area contributed by atoms with Gasteiger partial charge >= 0.3 is 0 Å². The monoisotopic (exact) mass is 422 g/mol. The third-order valence-corrected chi connectivity index (χ3v) is 6.25. The van der Waals surface area contributed by atoms with E-state index in [2.05, 4.69) is 37.7 Å². The number of halogens is 1. The van der Waals surface area contributed by atoms with Crippen LogP contribution in [0.5, 0.6) is 0 Å². The Morgan fingerprint density at radius 3 is 2.12 bits per heavy atom. The first-order valence-corrected chi connectivity index (χ1v) is 11.0. The van der Waals surface area contributed by atoms with Crippen molar-refractivity contribution in [2.75, 3.05) is 18.0 Å². The van der Waals surface area contributed by atoms with Crippen LogP contribution in [0, 0.1) is 0 Å². The highest BCUT2D eigenvalue weighted by Crippen LogP contribution is 2.20. The Labute approximate surface area is 158 Å². The average Bonchev–Trinajstić information content (AvgIpc) is 2.63. The van der Waals surface area contributed by atoms with E-state index in [0.717, 1.165) is 28.7 Å². The van der Waals surface area contributed by atoms with Gasteiger partial charge in [-0.05, 0) is 54.7 Å². The molecule has 0 atom stereocenters. The highest BCUT2D eigenvalue weighted by atomic mass is 79.9. The van der Waals surface area contributed by atoms with Crippen molar-refractivity contribution in [3.05, 3.63) is 64.1 Å². The molecule has 1 aliphatic rings. The molecule has 6 heteroatoms. The second-order valence-corrected chi connectivity index (χ2v) is 9.14. The normalized spacial score (nSPS) is 15.3. The van der Waals surface area contributed by atoms with Crippen molar-refractivity contribution >= 4 is 31.6 Å². The molecule has 0 aromatic heterocycles. The second-order valence-electron chi connectivity index (χ2n) is 6.42. The zero-order chi connectivity index (χ0) is 17.7. The van der Waals surface area contributed by atoms with Crippen LogP contribution in [0.25, 0.3) is 0 Å². The predicted octanol–water partition coefficient (Wildman–Crippen LogP) is 4.06. The number of anilines is 1. The van der Waals surface area contributed by atoms with E-state index in [1.807, 2.05) is 36.4 Å². The van der Waals surface area contributed by atoms with E-state index in [1.165, 1.54) is 24.9 Å². The van der Waals surface area contributed by atoms with E-state index in [0.29, 0.717) is 6.54 Å². The zero-order valence-corrected chi connectivity index (χ0v) is 16.5. The molecule has 1 aliphatic heterocycles. The maximum atomic E-state index is 12.2. The zero-order valence-electron chi connectivity index (χ0n) is 14.1. The van der Waals surface area contributed by atoms with Crippen LogP contribution in [0.1, 0.15) is 30.4 Å². The maximum absolute atomic E-state index is 12.2. The molecule has 0 unspecified atom stereocenters. The number of hydrogen-bond donors (Lipinski definition) is 1. The molecule has 134 valence electrons. The van der Waals surface area contributed by atoms with Crippen molar-refractivity contribution < 1.29 is 8.42 Å². The van der Waals surface area contributed by atoms with Gasteiger partial charge in [0.2, 0.25) is 10.0 Å². The summed E-state index contributed by atoms with van der Waals surface area (Å²) in [6.45, 7) is 2.54. The summed E-state index contributed by atoms with van der Waals surface area (Å²) in [4.78, 5) is 2.39. The summed E-state index contributed by atoms with van der Waals surface area (Å²) in [7, 11) is -3.35. The van der Waals surface area contributed by atoms with Crippen LogP contribution in [0.15, 0.2) is 53.0 Å². The lowest BCUT2D eigenvalue weighted by molar-refractivity contribution is 0.577. The topological polar surface area (TPSA) is 49.4 Å². The van der Waals surface area contributed by atoms with Gasteiger partial charge in [-0.1, -0.05) is 40.2 Å². The van der Waals surface area contributed by atoms with Crippen LogP contribution in [0.2, 0.25) is 0 Å². The van der Waals surface area contributed by atoms with Crippen molar-refractivity contribution in [1.82, 2.24) is 4.72 Å². The van der Waals surface area contributed by atoms with Crippen molar-refractivity contribution in [3.8, 4) is 0 Å². The molecule has 4 nitrogen and oxygen atoms in total. The molecule has 0 spiro atoms. The Bertz CT molecular complexity index is 783. The molecule has 1 fully saturated rings. The number of nitrogens with one attached hydrogen (secondary N) is 1. The summed E-state index contributed by atoms with van der Waals surface area (Å²) >= 11 is 3.35. The smallest absolute Gasteiger partial charge is 0.216 e. The summed E-state index contributed by atoms with van der Waals surface area (Å²) in [6.07, 6.45) is 3.81. The Balaban J connectivity index is 1.55. The third-order valence-electron chi connectivity index (χ3n) is 4.42. The Morgan fingerprint density at radius 2 is 1.48 bits per heavy atom. The Morgan fingerprint density at radius 1 is 0.880 bits per heavy atom. The number of nitrogens with zero attached hydrogens (tertiary/aromatic N) is 1. The maximum Gasteiger partial charge on any atom is 0.216 e. The first-order valence-electron chi connectivity index (χ1n) is 8.57. The molecular weight excluding hydrogens is 400 g/mol.